The molecule has 366 valence electrons. The van der Waals surface area contributed by atoms with Crippen LogP contribution in [0.3, 0.4) is 0 Å². The molecule has 0 aromatic rings. The zero-order valence-electron chi connectivity index (χ0n) is 42.2. The molecule has 4 nitrogen and oxygen atoms in total. The minimum Gasteiger partial charge on any atom is -0.394 e. The highest BCUT2D eigenvalue weighted by Gasteiger charge is 2.18. The molecule has 0 rings (SSSR count). The third kappa shape index (κ3) is 49.6. The molecule has 2 unspecified atom stereocenters. The number of carbonyl (C=O) groups is 1. The van der Waals surface area contributed by atoms with Gasteiger partial charge in [0.25, 0.3) is 0 Å². The van der Waals surface area contributed by atoms with Gasteiger partial charge >= 0.3 is 0 Å². The molecule has 0 aromatic carbocycles. The Morgan fingerprint density at radius 3 is 0.935 bits per heavy atom. The van der Waals surface area contributed by atoms with Gasteiger partial charge in [-0.25, -0.2) is 0 Å². The van der Waals surface area contributed by atoms with E-state index in [-0.39, 0.29) is 12.5 Å². The van der Waals surface area contributed by atoms with Gasteiger partial charge in [-0.05, 0) is 44.9 Å². The Morgan fingerprint density at radius 1 is 0.371 bits per heavy atom. The van der Waals surface area contributed by atoms with Crippen LogP contribution in [0, 0.1) is 0 Å². The lowest BCUT2D eigenvalue weighted by molar-refractivity contribution is -0.123. The van der Waals surface area contributed by atoms with Crippen molar-refractivity contribution in [2.45, 2.75) is 321 Å². The highest BCUT2D eigenvalue weighted by Crippen LogP contribution is 2.17. The topological polar surface area (TPSA) is 69.6 Å². The number of hydrogen-bond donors (Lipinski definition) is 3. The van der Waals surface area contributed by atoms with E-state index < -0.39 is 12.1 Å². The van der Waals surface area contributed by atoms with Crippen molar-refractivity contribution in [3.05, 3.63) is 36.5 Å². The lowest BCUT2D eigenvalue weighted by atomic mass is 10.0. The summed E-state index contributed by atoms with van der Waals surface area (Å²) in [6.45, 7) is 4.32. The first-order chi connectivity index (χ1) is 30.7. The second kappa shape index (κ2) is 53.9. The van der Waals surface area contributed by atoms with Gasteiger partial charge in [-0.15, -0.1) is 0 Å². The van der Waals surface area contributed by atoms with E-state index in [2.05, 4.69) is 43.5 Å². The van der Waals surface area contributed by atoms with Crippen molar-refractivity contribution >= 4 is 5.91 Å². The molecule has 0 aromatic heterocycles. The molecule has 0 bridgehead atoms. The summed E-state index contributed by atoms with van der Waals surface area (Å²) in [6.07, 6.45) is 73.2. The third-order valence-electron chi connectivity index (χ3n) is 13.1. The van der Waals surface area contributed by atoms with Crippen LogP contribution in [0.4, 0.5) is 0 Å². The number of unbranched alkanes of at least 4 members (excludes halogenated alkanes) is 41. The van der Waals surface area contributed by atoms with Gasteiger partial charge in [-0.3, -0.25) is 4.79 Å². The standard InChI is InChI=1S/C58H111NO3/c1-3-5-7-9-11-13-15-17-19-21-23-24-25-26-27-28-29-30-31-32-33-34-35-36-38-40-42-44-46-48-50-52-54-58(62)59-56(55-60)57(61)53-51-49-47-45-43-41-39-37-22-20-18-16-14-12-10-8-6-4-2/h22,37,43,45,51,53,56-57,60-61H,3-21,23-36,38-42,44,46-50,52,54-55H2,1-2H3,(H,59,62)/b37-22+,45-43+,53-51+. The lowest BCUT2D eigenvalue weighted by Crippen LogP contribution is -2.45. The SMILES string of the molecule is CCCCCCCCCC/C=C/CC/C=C/CC/C=C/C(O)C(CO)NC(=O)CCCCCCCCCCCCCCCCCCCCCCCCCCCCCCCCCC. The highest BCUT2D eigenvalue weighted by atomic mass is 16.3. The van der Waals surface area contributed by atoms with Crippen LogP contribution in [0.15, 0.2) is 36.5 Å². The molecular weight excluding hydrogens is 759 g/mol. The normalized spacial score (nSPS) is 13.0. The fourth-order valence-corrected chi connectivity index (χ4v) is 8.80. The van der Waals surface area contributed by atoms with E-state index in [1.807, 2.05) is 6.08 Å². The van der Waals surface area contributed by atoms with E-state index >= 15 is 0 Å². The zero-order valence-corrected chi connectivity index (χ0v) is 42.2. The van der Waals surface area contributed by atoms with Gasteiger partial charge in [0.2, 0.25) is 5.91 Å². The molecule has 4 heteroatoms. The van der Waals surface area contributed by atoms with Crippen molar-refractivity contribution in [2.75, 3.05) is 6.61 Å². The van der Waals surface area contributed by atoms with Crippen molar-refractivity contribution in [1.29, 1.82) is 0 Å². The van der Waals surface area contributed by atoms with Gasteiger partial charge in [0, 0.05) is 6.42 Å². The lowest BCUT2D eigenvalue weighted by Gasteiger charge is -2.19. The van der Waals surface area contributed by atoms with E-state index in [1.54, 1.807) is 6.08 Å². The van der Waals surface area contributed by atoms with Crippen LogP contribution in [0.1, 0.15) is 309 Å². The molecule has 0 fully saturated rings. The highest BCUT2D eigenvalue weighted by molar-refractivity contribution is 5.76. The molecule has 0 aliphatic carbocycles. The molecule has 0 saturated heterocycles. The van der Waals surface area contributed by atoms with E-state index in [4.69, 9.17) is 0 Å². The smallest absolute Gasteiger partial charge is 0.220 e. The maximum absolute atomic E-state index is 12.5. The van der Waals surface area contributed by atoms with Crippen LogP contribution in [0.5, 0.6) is 0 Å². The Hall–Kier alpha value is -1.39. The number of hydrogen-bond acceptors (Lipinski definition) is 3. The molecule has 2 atom stereocenters. The average molecular weight is 871 g/mol. The Bertz CT molecular complexity index is 943. The molecule has 0 heterocycles. The first-order valence-corrected chi connectivity index (χ1v) is 28.2. The van der Waals surface area contributed by atoms with Crippen LogP contribution >= 0.6 is 0 Å². The quantitative estimate of drug-likeness (QED) is 0.0421. The van der Waals surface area contributed by atoms with Gasteiger partial charge in [0.15, 0.2) is 0 Å². The van der Waals surface area contributed by atoms with Crippen LogP contribution in [-0.4, -0.2) is 34.9 Å². The predicted octanol–water partition coefficient (Wildman–Crippen LogP) is 18.5. The molecule has 0 spiro atoms. The number of rotatable bonds is 52. The average Bonchev–Trinajstić information content (AvgIpc) is 3.28. The summed E-state index contributed by atoms with van der Waals surface area (Å²) < 4.78 is 0. The summed E-state index contributed by atoms with van der Waals surface area (Å²) in [5, 5.41) is 23.1. The van der Waals surface area contributed by atoms with E-state index in [0.29, 0.717) is 6.42 Å². The zero-order chi connectivity index (χ0) is 44.9. The van der Waals surface area contributed by atoms with Crippen LogP contribution in [0.25, 0.3) is 0 Å². The molecule has 0 radical (unpaired) electrons. The maximum atomic E-state index is 12.5. The summed E-state index contributed by atoms with van der Waals surface area (Å²) in [6, 6.07) is -0.643. The molecular formula is C58H111NO3. The monoisotopic (exact) mass is 870 g/mol. The number of aliphatic hydroxyl groups is 2. The number of carbonyl (C=O) groups excluding carboxylic acids is 1. The first-order valence-electron chi connectivity index (χ1n) is 28.2. The maximum Gasteiger partial charge on any atom is 0.220 e. The minimum atomic E-state index is -0.868. The van der Waals surface area contributed by atoms with E-state index in [0.717, 1.165) is 38.5 Å². The Kier molecular flexibility index (Phi) is 52.7. The third-order valence-corrected chi connectivity index (χ3v) is 13.1. The van der Waals surface area contributed by atoms with Crippen LogP contribution in [0.2, 0.25) is 0 Å². The molecule has 1 amide bonds. The van der Waals surface area contributed by atoms with E-state index in [1.165, 1.54) is 250 Å². The first kappa shape index (κ1) is 60.6. The summed E-state index contributed by atoms with van der Waals surface area (Å²) in [7, 11) is 0. The van der Waals surface area contributed by atoms with Crippen LogP contribution < -0.4 is 5.32 Å². The van der Waals surface area contributed by atoms with Gasteiger partial charge in [-0.1, -0.05) is 294 Å². The Morgan fingerprint density at radius 2 is 0.629 bits per heavy atom. The van der Waals surface area contributed by atoms with Gasteiger partial charge < -0.3 is 15.5 Å². The van der Waals surface area contributed by atoms with Gasteiger partial charge in [-0.2, -0.15) is 0 Å². The number of aliphatic hydroxyl groups excluding tert-OH is 2. The van der Waals surface area contributed by atoms with Crippen molar-refractivity contribution in [1.82, 2.24) is 5.32 Å². The van der Waals surface area contributed by atoms with Gasteiger partial charge in [0.1, 0.15) is 0 Å². The molecule has 0 saturated carbocycles. The second-order valence-electron chi connectivity index (χ2n) is 19.3. The number of amides is 1. The molecule has 0 aliphatic heterocycles. The van der Waals surface area contributed by atoms with Crippen molar-refractivity contribution in [2.24, 2.45) is 0 Å². The second-order valence-corrected chi connectivity index (χ2v) is 19.3. The summed E-state index contributed by atoms with van der Waals surface area (Å²) in [4.78, 5) is 12.5. The van der Waals surface area contributed by atoms with Crippen molar-refractivity contribution < 1.29 is 15.0 Å². The summed E-state index contributed by atoms with van der Waals surface area (Å²) >= 11 is 0. The number of nitrogens with one attached hydrogen (secondary N) is 1. The molecule has 0 aliphatic rings. The van der Waals surface area contributed by atoms with Crippen molar-refractivity contribution in [3.8, 4) is 0 Å². The largest absolute Gasteiger partial charge is 0.394 e. The van der Waals surface area contributed by atoms with Crippen molar-refractivity contribution in [3.63, 3.8) is 0 Å². The van der Waals surface area contributed by atoms with Gasteiger partial charge in [0.05, 0.1) is 18.8 Å². The summed E-state index contributed by atoms with van der Waals surface area (Å²) in [5.74, 6) is -0.0723. The predicted molar refractivity (Wildman–Crippen MR) is 276 cm³/mol. The van der Waals surface area contributed by atoms with E-state index in [9.17, 15) is 15.0 Å². The number of allylic oxidation sites excluding steroid dienone is 5. The minimum absolute atomic E-state index is 0.0723. The fraction of sp³-hybridized carbons (Fsp3) is 0.879. The van der Waals surface area contributed by atoms with Crippen LogP contribution in [-0.2, 0) is 4.79 Å². The Balaban J connectivity index is 3.46. The Labute approximate surface area is 389 Å². The molecule has 3 N–H and O–H groups in total. The molecule has 62 heavy (non-hydrogen) atoms. The summed E-state index contributed by atoms with van der Waals surface area (Å²) in [5.41, 5.74) is 0. The fourth-order valence-electron chi connectivity index (χ4n) is 8.80.